The maximum absolute atomic E-state index is 12.1. The molecule has 0 unspecified atom stereocenters. The van der Waals surface area contributed by atoms with Crippen LogP contribution in [0.1, 0.15) is 25.0 Å². The van der Waals surface area contributed by atoms with Crippen molar-refractivity contribution in [2.45, 2.75) is 20.8 Å². The Labute approximate surface area is 152 Å². The molecular formula is C18H24N4O2S. The largest absolute Gasteiger partial charge is 0.494 e. The number of aromatic amines is 1. The van der Waals surface area contributed by atoms with Crippen molar-refractivity contribution in [3.05, 3.63) is 50.5 Å². The molecule has 1 heterocycles. The van der Waals surface area contributed by atoms with Gasteiger partial charge in [-0.25, -0.2) is 0 Å². The summed E-state index contributed by atoms with van der Waals surface area (Å²) in [7, 11) is 0. The first kappa shape index (κ1) is 19.1. The minimum absolute atomic E-state index is 0.105. The molecule has 134 valence electrons. The second kappa shape index (κ2) is 8.73. The minimum atomic E-state index is -0.447. The number of aromatic nitrogens is 2. The predicted octanol–water partition coefficient (Wildman–Crippen LogP) is 2.67. The highest BCUT2D eigenvalue weighted by Crippen LogP contribution is 2.18. The van der Waals surface area contributed by atoms with Crippen molar-refractivity contribution >= 4 is 18.4 Å². The van der Waals surface area contributed by atoms with E-state index >= 15 is 0 Å². The first-order valence-corrected chi connectivity index (χ1v) is 8.76. The van der Waals surface area contributed by atoms with E-state index < -0.39 is 5.56 Å². The highest BCUT2D eigenvalue weighted by molar-refractivity contribution is 7.71. The molecule has 2 aromatic rings. The number of rotatable bonds is 7. The lowest BCUT2D eigenvalue weighted by molar-refractivity contribution is 0.313. The molecular weight excluding hydrogens is 336 g/mol. The lowest BCUT2D eigenvalue weighted by Crippen LogP contribution is -2.25. The van der Waals surface area contributed by atoms with Gasteiger partial charge in [-0.1, -0.05) is 31.5 Å². The summed E-state index contributed by atoms with van der Waals surface area (Å²) in [5.41, 5.74) is 1.44. The Balaban J connectivity index is 2.33. The normalized spacial score (nSPS) is 11.5. The fourth-order valence-electron chi connectivity index (χ4n) is 2.48. The molecule has 0 spiro atoms. The standard InChI is InChI=1S/C18H24N4O2S/c1-4-21(5-2)11-10-19-12-15-16(23)20-18(25)22(17(15)24)14-8-6-13(3)7-9-14/h6-9,12,24H,4-5,10-11H2,1-3H3,(H,20,23,25). The Morgan fingerprint density at radius 2 is 1.92 bits per heavy atom. The molecule has 0 bridgehead atoms. The van der Waals surface area contributed by atoms with Gasteiger partial charge in [0.25, 0.3) is 5.56 Å². The average molecular weight is 360 g/mol. The fraction of sp³-hybridized carbons (Fsp3) is 0.389. The van der Waals surface area contributed by atoms with Crippen LogP contribution in [-0.4, -0.2) is 52.0 Å². The third kappa shape index (κ3) is 4.64. The van der Waals surface area contributed by atoms with Crippen LogP contribution in [-0.2, 0) is 0 Å². The van der Waals surface area contributed by atoms with Gasteiger partial charge >= 0.3 is 0 Å². The summed E-state index contributed by atoms with van der Waals surface area (Å²) in [5.74, 6) is -0.204. The number of hydrogen-bond acceptors (Lipinski definition) is 5. The van der Waals surface area contributed by atoms with E-state index in [0.29, 0.717) is 12.2 Å². The van der Waals surface area contributed by atoms with E-state index in [1.165, 1.54) is 10.8 Å². The summed E-state index contributed by atoms with van der Waals surface area (Å²) in [6, 6.07) is 7.51. The summed E-state index contributed by atoms with van der Waals surface area (Å²) >= 11 is 5.20. The minimum Gasteiger partial charge on any atom is -0.494 e. The summed E-state index contributed by atoms with van der Waals surface area (Å²) in [5, 5.41) is 10.5. The van der Waals surface area contributed by atoms with Gasteiger partial charge in [-0.05, 0) is 44.4 Å². The van der Waals surface area contributed by atoms with Gasteiger partial charge < -0.3 is 10.0 Å². The molecule has 6 nitrogen and oxygen atoms in total. The van der Waals surface area contributed by atoms with Crippen molar-refractivity contribution in [3.63, 3.8) is 0 Å². The van der Waals surface area contributed by atoms with Crippen molar-refractivity contribution in [1.29, 1.82) is 0 Å². The zero-order valence-corrected chi connectivity index (χ0v) is 15.6. The van der Waals surface area contributed by atoms with Crippen LogP contribution in [0.2, 0.25) is 0 Å². The molecule has 2 rings (SSSR count). The molecule has 1 aromatic carbocycles. The number of benzene rings is 1. The van der Waals surface area contributed by atoms with E-state index in [-0.39, 0.29) is 16.2 Å². The molecule has 1 aromatic heterocycles. The van der Waals surface area contributed by atoms with Crippen LogP contribution in [0.3, 0.4) is 0 Å². The monoisotopic (exact) mass is 360 g/mol. The van der Waals surface area contributed by atoms with E-state index in [1.54, 1.807) is 0 Å². The Hall–Kier alpha value is -2.25. The first-order valence-electron chi connectivity index (χ1n) is 8.35. The number of aryl methyl sites for hydroxylation is 1. The van der Waals surface area contributed by atoms with E-state index in [2.05, 4.69) is 28.7 Å². The maximum atomic E-state index is 12.1. The van der Waals surface area contributed by atoms with Gasteiger partial charge in [0.05, 0.1) is 12.2 Å². The van der Waals surface area contributed by atoms with Crippen LogP contribution in [0.4, 0.5) is 0 Å². The molecule has 25 heavy (non-hydrogen) atoms. The molecule has 0 saturated heterocycles. The summed E-state index contributed by atoms with van der Waals surface area (Å²) in [6.45, 7) is 9.43. The summed E-state index contributed by atoms with van der Waals surface area (Å²) < 4.78 is 1.58. The number of aliphatic imine (C=N–C) groups is 1. The topological polar surface area (TPSA) is 73.6 Å². The number of likely N-dealkylation sites (N-methyl/N-ethyl adjacent to an activating group) is 1. The van der Waals surface area contributed by atoms with Crippen LogP contribution >= 0.6 is 12.2 Å². The van der Waals surface area contributed by atoms with Crippen LogP contribution in [0.15, 0.2) is 34.1 Å². The number of hydrogen-bond donors (Lipinski definition) is 2. The van der Waals surface area contributed by atoms with Crippen molar-refractivity contribution < 1.29 is 5.11 Å². The molecule has 2 N–H and O–H groups in total. The van der Waals surface area contributed by atoms with Crippen LogP contribution < -0.4 is 5.56 Å². The Morgan fingerprint density at radius 3 is 2.52 bits per heavy atom. The zero-order chi connectivity index (χ0) is 18.4. The number of nitrogens with zero attached hydrogens (tertiary/aromatic N) is 3. The Morgan fingerprint density at radius 1 is 1.28 bits per heavy atom. The van der Waals surface area contributed by atoms with Gasteiger partial charge in [-0.15, -0.1) is 0 Å². The number of nitrogens with one attached hydrogen (secondary N) is 1. The van der Waals surface area contributed by atoms with Crippen LogP contribution in [0.25, 0.3) is 5.69 Å². The highest BCUT2D eigenvalue weighted by Gasteiger charge is 2.12. The molecule has 0 saturated carbocycles. The molecule has 0 aliphatic carbocycles. The average Bonchev–Trinajstić information content (AvgIpc) is 2.59. The van der Waals surface area contributed by atoms with Gasteiger partial charge in [-0.3, -0.25) is 19.3 Å². The summed E-state index contributed by atoms with van der Waals surface area (Å²) in [6.07, 6.45) is 1.41. The zero-order valence-electron chi connectivity index (χ0n) is 14.8. The van der Waals surface area contributed by atoms with Crippen molar-refractivity contribution in [2.24, 2.45) is 4.99 Å². The van der Waals surface area contributed by atoms with Crippen molar-refractivity contribution in [2.75, 3.05) is 26.2 Å². The van der Waals surface area contributed by atoms with Gasteiger partial charge in [0.15, 0.2) is 4.77 Å². The number of H-pyrrole nitrogens is 1. The molecule has 0 atom stereocenters. The molecule has 7 heteroatoms. The SMILES string of the molecule is CCN(CC)CCN=Cc1c(O)n(-c2ccc(C)cc2)c(=S)[nH]c1=O. The quantitative estimate of drug-likeness (QED) is 0.588. The summed E-state index contributed by atoms with van der Waals surface area (Å²) in [4.78, 5) is 21.3. The highest BCUT2D eigenvalue weighted by atomic mass is 32.1. The third-order valence-corrected chi connectivity index (χ3v) is 4.36. The third-order valence-electron chi connectivity index (χ3n) is 4.07. The van der Waals surface area contributed by atoms with Gasteiger partial charge in [-0.2, -0.15) is 0 Å². The Kier molecular flexibility index (Phi) is 6.66. The second-order valence-corrected chi connectivity index (χ2v) is 6.12. The van der Waals surface area contributed by atoms with Gasteiger partial charge in [0, 0.05) is 12.8 Å². The lowest BCUT2D eigenvalue weighted by atomic mass is 10.2. The Bertz CT molecular complexity index is 849. The number of aromatic hydroxyl groups is 1. The van der Waals surface area contributed by atoms with Crippen LogP contribution in [0, 0.1) is 11.7 Å². The van der Waals surface area contributed by atoms with E-state index in [0.717, 1.165) is 25.2 Å². The van der Waals surface area contributed by atoms with Crippen molar-refractivity contribution in [1.82, 2.24) is 14.5 Å². The van der Waals surface area contributed by atoms with Crippen molar-refractivity contribution in [3.8, 4) is 11.6 Å². The van der Waals surface area contributed by atoms with Gasteiger partial charge in [0.1, 0.15) is 5.56 Å². The second-order valence-electron chi connectivity index (χ2n) is 5.73. The van der Waals surface area contributed by atoms with E-state index in [1.807, 2.05) is 31.2 Å². The molecule has 0 aliphatic rings. The van der Waals surface area contributed by atoms with E-state index in [9.17, 15) is 9.90 Å². The molecule has 0 aliphatic heterocycles. The molecule has 0 fully saturated rings. The maximum Gasteiger partial charge on any atom is 0.264 e. The van der Waals surface area contributed by atoms with E-state index in [4.69, 9.17) is 12.2 Å². The van der Waals surface area contributed by atoms with Gasteiger partial charge in [0.2, 0.25) is 5.88 Å². The molecule has 0 radical (unpaired) electrons. The fourth-order valence-corrected chi connectivity index (χ4v) is 2.77. The predicted molar refractivity (Wildman–Crippen MR) is 104 cm³/mol. The smallest absolute Gasteiger partial charge is 0.264 e. The van der Waals surface area contributed by atoms with Crippen LogP contribution in [0.5, 0.6) is 5.88 Å². The lowest BCUT2D eigenvalue weighted by Gasteiger charge is -2.16. The molecule has 0 amide bonds. The first-order chi connectivity index (χ1) is 12.0.